The van der Waals surface area contributed by atoms with E-state index in [0.717, 1.165) is 18.4 Å². The molecule has 2 rings (SSSR count). The van der Waals surface area contributed by atoms with Gasteiger partial charge in [-0.3, -0.25) is 0 Å². The molecule has 1 aromatic rings. The van der Waals surface area contributed by atoms with E-state index in [0.29, 0.717) is 11.7 Å². The summed E-state index contributed by atoms with van der Waals surface area (Å²) in [6, 6.07) is 0. The Hall–Kier alpha value is -1.32. The Bertz CT molecular complexity index is 350. The van der Waals surface area contributed by atoms with Gasteiger partial charge in [-0.25, -0.2) is 4.79 Å². The molecule has 76 valence electrons. The molecule has 1 N–H and O–H groups in total. The highest BCUT2D eigenvalue weighted by molar-refractivity contribution is 5.87. The predicted octanol–water partition coefficient (Wildman–Crippen LogP) is 2.34. The van der Waals surface area contributed by atoms with Crippen molar-refractivity contribution in [2.75, 3.05) is 0 Å². The largest absolute Gasteiger partial charge is 0.476 e. The lowest BCUT2D eigenvalue weighted by molar-refractivity contribution is 0.0684. The molecule has 0 unspecified atom stereocenters. The average Bonchev–Trinajstić information content (AvgIpc) is 2.71. The Morgan fingerprint density at radius 3 is 2.71 bits per heavy atom. The molecule has 1 heterocycles. The number of carboxylic acids is 1. The molecule has 1 saturated carbocycles. The second kappa shape index (κ2) is 3.44. The maximum Gasteiger partial charge on any atom is 0.358 e. The molecule has 1 aromatic heterocycles. The maximum atomic E-state index is 10.9. The first kappa shape index (κ1) is 9.24. The van der Waals surface area contributed by atoms with E-state index in [1.807, 2.05) is 0 Å². The fourth-order valence-electron chi connectivity index (χ4n) is 2.23. The van der Waals surface area contributed by atoms with Crippen molar-refractivity contribution < 1.29 is 14.4 Å². The van der Waals surface area contributed by atoms with Gasteiger partial charge in [-0.15, -0.1) is 0 Å². The highest BCUT2D eigenvalue weighted by atomic mass is 16.5. The van der Waals surface area contributed by atoms with Crippen molar-refractivity contribution in [3.63, 3.8) is 0 Å². The van der Waals surface area contributed by atoms with Crippen LogP contribution in [0, 0.1) is 6.92 Å². The number of aromatic nitrogens is 1. The summed E-state index contributed by atoms with van der Waals surface area (Å²) in [5.74, 6) is 0.0189. The summed E-state index contributed by atoms with van der Waals surface area (Å²) in [5, 5.41) is 12.5. The fourth-order valence-corrected chi connectivity index (χ4v) is 2.23. The molecular weight excluding hydrogens is 182 g/mol. The molecule has 0 saturated heterocycles. The molecule has 0 radical (unpaired) electrons. The van der Waals surface area contributed by atoms with Gasteiger partial charge in [-0.2, -0.15) is 0 Å². The third-order valence-electron chi connectivity index (χ3n) is 2.87. The number of aryl methyl sites for hydroxylation is 1. The summed E-state index contributed by atoms with van der Waals surface area (Å²) in [4.78, 5) is 10.9. The van der Waals surface area contributed by atoms with Gasteiger partial charge in [0.25, 0.3) is 0 Å². The van der Waals surface area contributed by atoms with Crippen molar-refractivity contribution in [3.8, 4) is 0 Å². The minimum atomic E-state index is -0.983. The summed E-state index contributed by atoms with van der Waals surface area (Å²) >= 11 is 0. The minimum absolute atomic E-state index is 0.106. The van der Waals surface area contributed by atoms with Gasteiger partial charge in [0.15, 0.2) is 5.69 Å². The van der Waals surface area contributed by atoms with Crippen molar-refractivity contribution in [2.45, 2.75) is 38.5 Å². The van der Waals surface area contributed by atoms with Crippen molar-refractivity contribution in [3.05, 3.63) is 17.0 Å². The van der Waals surface area contributed by atoms with Gasteiger partial charge in [0.2, 0.25) is 0 Å². The molecule has 0 spiro atoms. The molecule has 14 heavy (non-hydrogen) atoms. The van der Waals surface area contributed by atoms with Crippen molar-refractivity contribution in [2.24, 2.45) is 0 Å². The van der Waals surface area contributed by atoms with Crippen LogP contribution in [0.15, 0.2) is 4.52 Å². The normalized spacial score (nSPS) is 17.5. The number of hydrogen-bond acceptors (Lipinski definition) is 3. The average molecular weight is 195 g/mol. The number of hydrogen-bond donors (Lipinski definition) is 1. The summed E-state index contributed by atoms with van der Waals surface area (Å²) in [6.45, 7) is 1.78. The van der Waals surface area contributed by atoms with E-state index < -0.39 is 5.97 Å². The smallest absolute Gasteiger partial charge is 0.358 e. The molecule has 0 aliphatic heterocycles. The Kier molecular flexibility index (Phi) is 2.27. The highest BCUT2D eigenvalue weighted by Gasteiger charge is 2.28. The standard InChI is InChI=1S/C10H13NO3/c1-6-8(7-4-2-3-5-7)9(10(12)13)11-14-6/h7H,2-5H2,1H3,(H,12,13). The van der Waals surface area contributed by atoms with Crippen molar-refractivity contribution in [1.29, 1.82) is 0 Å². The van der Waals surface area contributed by atoms with Gasteiger partial charge >= 0.3 is 5.97 Å². The highest BCUT2D eigenvalue weighted by Crippen LogP contribution is 2.37. The van der Waals surface area contributed by atoms with Crippen molar-refractivity contribution >= 4 is 5.97 Å². The zero-order valence-electron chi connectivity index (χ0n) is 8.12. The van der Waals surface area contributed by atoms with Gasteiger partial charge in [0.05, 0.1) is 0 Å². The van der Waals surface area contributed by atoms with Crippen molar-refractivity contribution in [1.82, 2.24) is 5.16 Å². The van der Waals surface area contributed by atoms with Crippen LogP contribution in [-0.4, -0.2) is 16.2 Å². The molecule has 1 fully saturated rings. The van der Waals surface area contributed by atoms with Crippen LogP contribution in [0.5, 0.6) is 0 Å². The monoisotopic (exact) mass is 195 g/mol. The third-order valence-corrected chi connectivity index (χ3v) is 2.87. The van der Waals surface area contributed by atoms with E-state index >= 15 is 0 Å². The number of rotatable bonds is 2. The molecule has 4 heteroatoms. The summed E-state index contributed by atoms with van der Waals surface area (Å²) in [5.41, 5.74) is 0.921. The molecule has 0 bridgehead atoms. The lowest BCUT2D eigenvalue weighted by Gasteiger charge is -2.06. The van der Waals surface area contributed by atoms with E-state index in [-0.39, 0.29) is 5.69 Å². The van der Waals surface area contributed by atoms with Gasteiger partial charge in [0, 0.05) is 5.56 Å². The summed E-state index contributed by atoms with van der Waals surface area (Å²) < 4.78 is 4.94. The predicted molar refractivity (Wildman–Crippen MR) is 49.4 cm³/mol. The Morgan fingerprint density at radius 1 is 1.50 bits per heavy atom. The van der Waals surface area contributed by atoms with Crippen LogP contribution in [0.2, 0.25) is 0 Å². The van der Waals surface area contributed by atoms with Crippen LogP contribution in [0.4, 0.5) is 0 Å². The van der Waals surface area contributed by atoms with Crippen LogP contribution < -0.4 is 0 Å². The van der Waals surface area contributed by atoms with E-state index in [2.05, 4.69) is 5.16 Å². The zero-order chi connectivity index (χ0) is 10.1. The Balaban J connectivity index is 2.38. The van der Waals surface area contributed by atoms with Crippen LogP contribution in [0.1, 0.15) is 53.4 Å². The zero-order valence-corrected chi connectivity index (χ0v) is 8.12. The Labute approximate surface area is 81.9 Å². The second-order valence-electron chi connectivity index (χ2n) is 3.79. The Morgan fingerprint density at radius 2 is 2.14 bits per heavy atom. The molecule has 0 amide bonds. The molecule has 1 aliphatic rings. The SMILES string of the molecule is Cc1onc(C(=O)O)c1C1CCCC1. The fraction of sp³-hybridized carbons (Fsp3) is 0.600. The molecule has 4 nitrogen and oxygen atoms in total. The molecule has 1 aliphatic carbocycles. The topological polar surface area (TPSA) is 63.3 Å². The molecular formula is C10H13NO3. The summed E-state index contributed by atoms with van der Waals surface area (Å²) in [7, 11) is 0. The second-order valence-corrected chi connectivity index (χ2v) is 3.79. The van der Waals surface area contributed by atoms with Crippen LogP contribution in [0.25, 0.3) is 0 Å². The van der Waals surface area contributed by atoms with E-state index in [1.54, 1.807) is 6.92 Å². The third kappa shape index (κ3) is 1.41. The minimum Gasteiger partial charge on any atom is -0.476 e. The van der Waals surface area contributed by atoms with Gasteiger partial charge < -0.3 is 9.63 Å². The van der Waals surface area contributed by atoms with Gasteiger partial charge in [0.1, 0.15) is 5.76 Å². The first-order valence-corrected chi connectivity index (χ1v) is 4.89. The van der Waals surface area contributed by atoms with E-state index in [4.69, 9.17) is 9.63 Å². The van der Waals surface area contributed by atoms with Gasteiger partial charge in [-0.05, 0) is 25.7 Å². The molecule has 0 aromatic carbocycles. The number of aromatic carboxylic acids is 1. The first-order chi connectivity index (χ1) is 6.70. The number of nitrogens with zero attached hydrogens (tertiary/aromatic N) is 1. The van der Waals surface area contributed by atoms with Crippen LogP contribution in [0.3, 0.4) is 0 Å². The lowest BCUT2D eigenvalue weighted by atomic mass is 9.96. The lowest BCUT2D eigenvalue weighted by Crippen LogP contribution is -2.04. The molecule has 0 atom stereocenters. The maximum absolute atomic E-state index is 10.9. The first-order valence-electron chi connectivity index (χ1n) is 4.89. The number of carbonyl (C=O) groups is 1. The quantitative estimate of drug-likeness (QED) is 0.786. The van der Waals surface area contributed by atoms with Gasteiger partial charge in [-0.1, -0.05) is 18.0 Å². The van der Waals surface area contributed by atoms with E-state index in [9.17, 15) is 4.79 Å². The number of carboxylic acid groups (broad SMARTS) is 1. The summed E-state index contributed by atoms with van der Waals surface area (Å²) in [6.07, 6.45) is 4.47. The van der Waals surface area contributed by atoms with Crippen LogP contribution in [-0.2, 0) is 0 Å². The van der Waals surface area contributed by atoms with Crippen LogP contribution >= 0.6 is 0 Å². The van der Waals surface area contributed by atoms with E-state index in [1.165, 1.54) is 12.8 Å².